The lowest BCUT2D eigenvalue weighted by Gasteiger charge is -2.34. The van der Waals surface area contributed by atoms with Crippen LogP contribution in [-0.4, -0.2) is 57.3 Å². The second kappa shape index (κ2) is 11.3. The van der Waals surface area contributed by atoms with Crippen LogP contribution in [-0.2, 0) is 10.0 Å². The normalized spacial score (nSPS) is 20.5. The van der Waals surface area contributed by atoms with Gasteiger partial charge in [0.05, 0.1) is 52.7 Å². The zero-order chi connectivity index (χ0) is 26.7. The number of anilines is 1. The molecule has 3 aromatic heterocycles. The number of hydrogen-bond acceptors (Lipinski definition) is 10. The van der Waals surface area contributed by atoms with E-state index < -0.39 is 28.1 Å². The topological polar surface area (TPSA) is 156 Å². The van der Waals surface area contributed by atoms with E-state index in [-0.39, 0.29) is 16.2 Å². The lowest BCUT2D eigenvalue weighted by Crippen LogP contribution is -2.40. The Bertz CT molecular complexity index is 1390. The molecule has 2 aliphatic carbocycles. The highest BCUT2D eigenvalue weighted by atomic mass is 32.2. The summed E-state index contributed by atoms with van der Waals surface area (Å²) in [5, 5.41) is 13.7. The molecular weight excluding hydrogens is 528 g/mol. The van der Waals surface area contributed by atoms with E-state index in [1.807, 2.05) is 6.92 Å². The Balaban J connectivity index is 1.39. The van der Waals surface area contributed by atoms with Gasteiger partial charge in [0.25, 0.3) is 5.91 Å². The fourth-order valence-corrected chi connectivity index (χ4v) is 6.77. The number of carbonyl (C=O) groups excluding carboxylic acids is 1. The van der Waals surface area contributed by atoms with Crippen LogP contribution < -0.4 is 14.8 Å². The number of pyridine rings is 1. The number of nitrogens with one attached hydrogen (secondary N) is 2. The van der Waals surface area contributed by atoms with Crippen molar-refractivity contribution < 1.29 is 23.1 Å². The summed E-state index contributed by atoms with van der Waals surface area (Å²) in [5.41, 5.74) is 1.41. The standard InChI is InChI=1S/C25H30N6O5S2/c1-2-36-22-14-26-12-19(29-22)21-13-28-25(37-21)24(33)30-23(17-5-3-4-6-20(17)32)18-11-15(9-10-27-18)31-38(34,35)16-7-8-16/h9-14,16-17,20,23,32H,2-8H2,1H3,(H,27,31)(H,30,33)/t17-,20-,23-/m0/s1. The Hall–Kier alpha value is -3.16. The van der Waals surface area contributed by atoms with Crippen molar-refractivity contribution in [1.29, 1.82) is 0 Å². The first-order chi connectivity index (χ1) is 18.3. The fourth-order valence-electron chi connectivity index (χ4n) is 4.62. The van der Waals surface area contributed by atoms with Gasteiger partial charge in [0.1, 0.15) is 5.69 Å². The van der Waals surface area contributed by atoms with Gasteiger partial charge in [-0.25, -0.2) is 18.4 Å². The molecule has 13 heteroatoms. The number of amides is 1. The van der Waals surface area contributed by atoms with Gasteiger partial charge in [0, 0.05) is 18.3 Å². The molecule has 2 aliphatic rings. The maximum Gasteiger partial charge on any atom is 0.280 e. The van der Waals surface area contributed by atoms with Crippen molar-refractivity contribution in [2.75, 3.05) is 11.3 Å². The zero-order valence-corrected chi connectivity index (χ0v) is 22.5. The minimum atomic E-state index is -3.46. The first-order valence-corrected chi connectivity index (χ1v) is 15.1. The SMILES string of the molecule is CCOc1cncc(-c2cnc(C(=O)N[C@H](c3cc(NS(=O)(=O)C4CC4)ccn3)[C@H]3CCCC[C@@H]3O)s2)n1. The van der Waals surface area contributed by atoms with Crippen molar-refractivity contribution >= 4 is 33.0 Å². The second-order valence-electron chi connectivity index (χ2n) is 9.49. The molecule has 2 saturated carbocycles. The minimum absolute atomic E-state index is 0.226. The molecule has 0 aliphatic heterocycles. The van der Waals surface area contributed by atoms with E-state index in [2.05, 4.69) is 30.0 Å². The number of aliphatic hydroxyl groups is 1. The molecule has 202 valence electrons. The summed E-state index contributed by atoms with van der Waals surface area (Å²) in [7, 11) is -3.46. The largest absolute Gasteiger partial charge is 0.477 e. The Morgan fingerprint density at radius 2 is 2.00 bits per heavy atom. The first kappa shape index (κ1) is 26.4. The second-order valence-corrected chi connectivity index (χ2v) is 12.5. The van der Waals surface area contributed by atoms with Crippen molar-refractivity contribution in [2.24, 2.45) is 5.92 Å². The molecule has 3 atom stereocenters. The van der Waals surface area contributed by atoms with Crippen molar-refractivity contribution in [2.45, 2.75) is 62.8 Å². The van der Waals surface area contributed by atoms with E-state index >= 15 is 0 Å². The highest BCUT2D eigenvalue weighted by Crippen LogP contribution is 2.36. The molecule has 0 unspecified atom stereocenters. The van der Waals surface area contributed by atoms with Crippen LogP contribution in [0.1, 0.15) is 67.0 Å². The van der Waals surface area contributed by atoms with Crippen LogP contribution in [0.4, 0.5) is 5.69 Å². The van der Waals surface area contributed by atoms with E-state index in [0.717, 1.165) is 12.8 Å². The van der Waals surface area contributed by atoms with Crippen LogP contribution in [0.15, 0.2) is 36.9 Å². The van der Waals surface area contributed by atoms with Crippen LogP contribution >= 0.6 is 11.3 Å². The maximum absolute atomic E-state index is 13.4. The van der Waals surface area contributed by atoms with Crippen LogP contribution in [0.25, 0.3) is 10.6 Å². The quantitative estimate of drug-likeness (QED) is 0.340. The Morgan fingerprint density at radius 1 is 1.18 bits per heavy atom. The van der Waals surface area contributed by atoms with Gasteiger partial charge >= 0.3 is 0 Å². The molecule has 0 bridgehead atoms. The van der Waals surface area contributed by atoms with Gasteiger partial charge in [-0.3, -0.25) is 19.5 Å². The lowest BCUT2D eigenvalue weighted by atomic mass is 9.80. The van der Waals surface area contributed by atoms with Crippen LogP contribution in [0, 0.1) is 5.92 Å². The molecule has 3 N–H and O–H groups in total. The number of hydrogen-bond donors (Lipinski definition) is 3. The summed E-state index contributed by atoms with van der Waals surface area (Å²) in [5.74, 6) is -0.300. The maximum atomic E-state index is 13.4. The van der Waals surface area contributed by atoms with E-state index in [0.29, 0.717) is 60.1 Å². The van der Waals surface area contributed by atoms with Gasteiger partial charge in [-0.05, 0) is 44.7 Å². The third kappa shape index (κ3) is 6.11. The number of carbonyl (C=O) groups is 1. The summed E-state index contributed by atoms with van der Waals surface area (Å²) < 4.78 is 33.0. The number of rotatable bonds is 10. The molecule has 2 fully saturated rings. The van der Waals surface area contributed by atoms with E-state index in [9.17, 15) is 18.3 Å². The average molecular weight is 559 g/mol. The van der Waals surface area contributed by atoms with Gasteiger partial charge in [-0.2, -0.15) is 0 Å². The van der Waals surface area contributed by atoms with Gasteiger partial charge in [-0.1, -0.05) is 12.8 Å². The van der Waals surface area contributed by atoms with Crippen molar-refractivity contribution in [3.8, 4) is 16.5 Å². The number of ether oxygens (including phenoxy) is 1. The zero-order valence-electron chi connectivity index (χ0n) is 20.9. The molecule has 0 aromatic carbocycles. The Labute approximate surface area is 225 Å². The van der Waals surface area contributed by atoms with Gasteiger partial charge in [0.15, 0.2) is 5.01 Å². The van der Waals surface area contributed by atoms with Crippen LogP contribution in [0.5, 0.6) is 5.88 Å². The Kier molecular flexibility index (Phi) is 7.86. The highest BCUT2D eigenvalue weighted by Gasteiger charge is 2.37. The monoisotopic (exact) mass is 558 g/mol. The fraction of sp³-hybridized carbons (Fsp3) is 0.480. The summed E-state index contributed by atoms with van der Waals surface area (Å²) >= 11 is 1.17. The molecule has 3 heterocycles. The lowest BCUT2D eigenvalue weighted by molar-refractivity contribution is 0.0448. The number of nitrogens with zero attached hydrogens (tertiary/aromatic N) is 4. The smallest absolute Gasteiger partial charge is 0.280 e. The molecule has 0 radical (unpaired) electrons. The number of aromatic nitrogens is 4. The van der Waals surface area contributed by atoms with Crippen molar-refractivity contribution in [3.63, 3.8) is 0 Å². The number of sulfonamides is 1. The van der Waals surface area contributed by atoms with Crippen LogP contribution in [0.2, 0.25) is 0 Å². The predicted molar refractivity (Wildman–Crippen MR) is 142 cm³/mol. The average Bonchev–Trinajstić information content (AvgIpc) is 3.66. The Morgan fingerprint density at radius 3 is 2.76 bits per heavy atom. The molecule has 5 rings (SSSR count). The van der Waals surface area contributed by atoms with E-state index in [1.54, 1.807) is 24.5 Å². The van der Waals surface area contributed by atoms with E-state index in [4.69, 9.17) is 4.74 Å². The van der Waals surface area contributed by atoms with Crippen molar-refractivity contribution in [1.82, 2.24) is 25.3 Å². The van der Waals surface area contributed by atoms with Gasteiger partial charge < -0.3 is 15.2 Å². The summed E-state index contributed by atoms with van der Waals surface area (Å²) in [6.45, 7) is 2.32. The number of aliphatic hydroxyl groups excluding tert-OH is 1. The van der Waals surface area contributed by atoms with Crippen LogP contribution in [0.3, 0.4) is 0 Å². The molecule has 11 nitrogen and oxygen atoms in total. The number of thiazole rings is 1. The third-order valence-corrected chi connectivity index (χ3v) is 9.56. The predicted octanol–water partition coefficient (Wildman–Crippen LogP) is 3.32. The van der Waals surface area contributed by atoms with Crippen molar-refractivity contribution in [3.05, 3.63) is 47.6 Å². The molecule has 38 heavy (non-hydrogen) atoms. The third-order valence-electron chi connectivity index (χ3n) is 6.68. The summed E-state index contributed by atoms with van der Waals surface area (Å²) in [4.78, 5) is 31.3. The molecule has 3 aromatic rings. The molecule has 1 amide bonds. The molecular formula is C25H30N6O5S2. The molecule has 0 saturated heterocycles. The highest BCUT2D eigenvalue weighted by molar-refractivity contribution is 7.93. The van der Waals surface area contributed by atoms with Gasteiger partial charge in [0.2, 0.25) is 15.9 Å². The van der Waals surface area contributed by atoms with Gasteiger partial charge in [-0.15, -0.1) is 11.3 Å². The molecule has 0 spiro atoms. The minimum Gasteiger partial charge on any atom is -0.477 e. The summed E-state index contributed by atoms with van der Waals surface area (Å²) in [6.07, 6.45) is 10.0. The van der Waals surface area contributed by atoms with E-state index in [1.165, 1.54) is 23.7 Å². The summed E-state index contributed by atoms with van der Waals surface area (Å²) in [6, 6.07) is 2.59. The first-order valence-electron chi connectivity index (χ1n) is 12.7.